The van der Waals surface area contributed by atoms with E-state index in [-0.39, 0.29) is 15.7 Å². The number of nitro benzene ring substituents is 1. The van der Waals surface area contributed by atoms with E-state index in [1.165, 1.54) is 23.9 Å². The molecule has 0 bridgehead atoms. The summed E-state index contributed by atoms with van der Waals surface area (Å²) < 4.78 is 0. The Bertz CT molecular complexity index is 567. The van der Waals surface area contributed by atoms with E-state index in [1.807, 2.05) is 30.3 Å². The molecule has 2 aromatic carbocycles. The zero-order valence-electron chi connectivity index (χ0n) is 8.97. The highest BCUT2D eigenvalue weighted by molar-refractivity contribution is 7.99. The van der Waals surface area contributed by atoms with Crippen LogP contribution < -0.4 is 0 Å². The number of nitro groups is 1. The summed E-state index contributed by atoms with van der Waals surface area (Å²) >= 11 is 13.4. The Morgan fingerprint density at radius 1 is 1.06 bits per heavy atom. The SMILES string of the molecule is O=[N+]([O-])c1cc(Cl)c(Sc2ccccc2)c(Cl)c1. The second-order valence-corrected chi connectivity index (χ2v) is 5.31. The van der Waals surface area contributed by atoms with Crippen molar-refractivity contribution in [3.8, 4) is 0 Å². The number of hydrogen-bond acceptors (Lipinski definition) is 3. The van der Waals surface area contributed by atoms with Crippen LogP contribution in [-0.4, -0.2) is 4.92 Å². The van der Waals surface area contributed by atoms with Crippen molar-refractivity contribution < 1.29 is 4.92 Å². The van der Waals surface area contributed by atoms with Crippen LogP contribution in [0.25, 0.3) is 0 Å². The van der Waals surface area contributed by atoms with Crippen LogP contribution in [0.3, 0.4) is 0 Å². The molecule has 0 aliphatic heterocycles. The molecular weight excluding hydrogens is 293 g/mol. The summed E-state index contributed by atoms with van der Waals surface area (Å²) in [4.78, 5) is 11.7. The molecule has 3 nitrogen and oxygen atoms in total. The second kappa shape index (κ2) is 5.61. The van der Waals surface area contributed by atoms with E-state index in [1.54, 1.807) is 0 Å². The molecule has 0 spiro atoms. The third-order valence-electron chi connectivity index (χ3n) is 2.16. The maximum atomic E-state index is 10.7. The van der Waals surface area contributed by atoms with Gasteiger partial charge in [0.25, 0.3) is 5.69 Å². The fourth-order valence-electron chi connectivity index (χ4n) is 1.36. The maximum absolute atomic E-state index is 10.7. The van der Waals surface area contributed by atoms with Crippen LogP contribution in [-0.2, 0) is 0 Å². The first kappa shape index (κ1) is 13.2. The molecule has 0 atom stereocenters. The average Bonchev–Trinajstić information content (AvgIpc) is 2.34. The monoisotopic (exact) mass is 299 g/mol. The Hall–Kier alpha value is -1.23. The highest BCUT2D eigenvalue weighted by Gasteiger charge is 2.15. The third-order valence-corrected chi connectivity index (χ3v) is 4.13. The van der Waals surface area contributed by atoms with E-state index in [2.05, 4.69) is 0 Å². The zero-order valence-corrected chi connectivity index (χ0v) is 11.3. The lowest BCUT2D eigenvalue weighted by Gasteiger charge is -2.06. The Morgan fingerprint density at radius 3 is 2.11 bits per heavy atom. The molecule has 18 heavy (non-hydrogen) atoms. The van der Waals surface area contributed by atoms with Crippen LogP contribution in [0.2, 0.25) is 10.0 Å². The normalized spacial score (nSPS) is 10.3. The topological polar surface area (TPSA) is 43.1 Å². The van der Waals surface area contributed by atoms with Gasteiger partial charge in [0, 0.05) is 21.9 Å². The minimum Gasteiger partial charge on any atom is -0.258 e. The summed E-state index contributed by atoms with van der Waals surface area (Å²) in [5.74, 6) is 0. The summed E-state index contributed by atoms with van der Waals surface area (Å²) in [6.45, 7) is 0. The lowest BCUT2D eigenvalue weighted by Crippen LogP contribution is -1.89. The number of hydrogen-bond donors (Lipinski definition) is 0. The van der Waals surface area contributed by atoms with Crippen LogP contribution in [0, 0.1) is 10.1 Å². The van der Waals surface area contributed by atoms with Crippen LogP contribution in [0.1, 0.15) is 0 Å². The van der Waals surface area contributed by atoms with Gasteiger partial charge < -0.3 is 0 Å². The van der Waals surface area contributed by atoms with Gasteiger partial charge >= 0.3 is 0 Å². The fourth-order valence-corrected chi connectivity index (χ4v) is 2.90. The molecule has 0 saturated carbocycles. The van der Waals surface area contributed by atoms with Gasteiger partial charge in [-0.15, -0.1) is 0 Å². The van der Waals surface area contributed by atoms with Crippen molar-refractivity contribution in [2.75, 3.05) is 0 Å². The molecule has 0 N–H and O–H groups in total. The molecule has 0 aromatic heterocycles. The first-order chi connectivity index (χ1) is 8.58. The second-order valence-electron chi connectivity index (χ2n) is 3.41. The van der Waals surface area contributed by atoms with Gasteiger partial charge in [-0.1, -0.05) is 53.2 Å². The van der Waals surface area contributed by atoms with Crippen molar-refractivity contribution in [3.05, 3.63) is 62.6 Å². The van der Waals surface area contributed by atoms with Crippen molar-refractivity contribution in [2.24, 2.45) is 0 Å². The lowest BCUT2D eigenvalue weighted by atomic mass is 10.3. The molecule has 0 radical (unpaired) electrons. The molecular formula is C12H7Cl2NO2S. The van der Waals surface area contributed by atoms with Crippen molar-refractivity contribution >= 4 is 40.7 Å². The highest BCUT2D eigenvalue weighted by atomic mass is 35.5. The number of non-ortho nitro benzene ring substituents is 1. The average molecular weight is 300 g/mol. The van der Waals surface area contributed by atoms with E-state index in [4.69, 9.17) is 23.2 Å². The van der Waals surface area contributed by atoms with Gasteiger partial charge in [0.2, 0.25) is 0 Å². The van der Waals surface area contributed by atoms with Gasteiger partial charge in [0.15, 0.2) is 0 Å². The Morgan fingerprint density at radius 2 is 1.61 bits per heavy atom. The van der Waals surface area contributed by atoms with Gasteiger partial charge in [0.05, 0.1) is 15.0 Å². The fraction of sp³-hybridized carbons (Fsp3) is 0. The Labute approximate surface area is 118 Å². The van der Waals surface area contributed by atoms with Gasteiger partial charge in [-0.05, 0) is 12.1 Å². The molecule has 0 heterocycles. The quantitative estimate of drug-likeness (QED) is 0.588. The van der Waals surface area contributed by atoms with Crippen LogP contribution in [0.5, 0.6) is 0 Å². The number of halogens is 2. The predicted molar refractivity (Wildman–Crippen MR) is 73.7 cm³/mol. The molecule has 0 aliphatic carbocycles. The molecule has 0 saturated heterocycles. The molecule has 92 valence electrons. The van der Waals surface area contributed by atoms with Crippen molar-refractivity contribution in [2.45, 2.75) is 9.79 Å². The van der Waals surface area contributed by atoms with Crippen molar-refractivity contribution in [1.82, 2.24) is 0 Å². The summed E-state index contributed by atoms with van der Waals surface area (Å²) in [5, 5.41) is 11.2. The molecule has 2 aromatic rings. The molecule has 0 fully saturated rings. The van der Waals surface area contributed by atoms with Gasteiger partial charge in [-0.3, -0.25) is 10.1 Å². The van der Waals surface area contributed by atoms with E-state index >= 15 is 0 Å². The zero-order chi connectivity index (χ0) is 13.1. The van der Waals surface area contributed by atoms with E-state index < -0.39 is 4.92 Å². The third kappa shape index (κ3) is 2.96. The summed E-state index contributed by atoms with van der Waals surface area (Å²) in [6, 6.07) is 12.1. The minimum absolute atomic E-state index is 0.109. The van der Waals surface area contributed by atoms with Crippen molar-refractivity contribution in [3.63, 3.8) is 0 Å². The van der Waals surface area contributed by atoms with E-state index in [0.29, 0.717) is 4.90 Å². The largest absolute Gasteiger partial charge is 0.272 e. The van der Waals surface area contributed by atoms with Crippen LogP contribution in [0.4, 0.5) is 5.69 Å². The number of nitrogens with zero attached hydrogens (tertiary/aromatic N) is 1. The summed E-state index contributed by atoms with van der Waals surface area (Å²) in [6.07, 6.45) is 0. The van der Waals surface area contributed by atoms with Crippen molar-refractivity contribution in [1.29, 1.82) is 0 Å². The minimum atomic E-state index is -0.519. The van der Waals surface area contributed by atoms with Gasteiger partial charge in [0.1, 0.15) is 0 Å². The van der Waals surface area contributed by atoms with E-state index in [0.717, 1.165) is 4.90 Å². The van der Waals surface area contributed by atoms with Gasteiger partial charge in [-0.25, -0.2) is 0 Å². The van der Waals surface area contributed by atoms with Crippen LogP contribution in [0.15, 0.2) is 52.3 Å². The lowest BCUT2D eigenvalue weighted by molar-refractivity contribution is -0.384. The summed E-state index contributed by atoms with van der Waals surface area (Å²) in [5.41, 5.74) is -0.109. The first-order valence-corrected chi connectivity index (χ1v) is 6.51. The molecule has 0 amide bonds. The predicted octanol–water partition coefficient (Wildman–Crippen LogP) is 5.05. The maximum Gasteiger partial charge on any atom is 0.272 e. The number of benzene rings is 2. The molecule has 0 unspecified atom stereocenters. The summed E-state index contributed by atoms with van der Waals surface area (Å²) in [7, 11) is 0. The Kier molecular flexibility index (Phi) is 4.11. The molecule has 0 aliphatic rings. The van der Waals surface area contributed by atoms with Gasteiger partial charge in [-0.2, -0.15) is 0 Å². The number of rotatable bonds is 3. The Balaban J connectivity index is 2.37. The van der Waals surface area contributed by atoms with E-state index in [9.17, 15) is 10.1 Å². The van der Waals surface area contributed by atoms with Crippen LogP contribution >= 0.6 is 35.0 Å². The highest BCUT2D eigenvalue weighted by Crippen LogP contribution is 2.40. The molecule has 2 rings (SSSR count). The molecule has 6 heteroatoms. The standard InChI is InChI=1S/C12H7Cl2NO2S/c13-10-6-8(15(16)17)7-11(14)12(10)18-9-4-2-1-3-5-9/h1-7H. The first-order valence-electron chi connectivity index (χ1n) is 4.94. The smallest absolute Gasteiger partial charge is 0.258 e.